The molecule has 0 heterocycles. The van der Waals surface area contributed by atoms with Gasteiger partial charge >= 0.3 is 5.97 Å². The van der Waals surface area contributed by atoms with Gasteiger partial charge in [-0.05, 0) is 185 Å². The van der Waals surface area contributed by atoms with E-state index < -0.39 is 23.7 Å². The van der Waals surface area contributed by atoms with E-state index in [1.165, 1.54) is 68.1 Å². The van der Waals surface area contributed by atoms with Crippen LogP contribution in [0.4, 0.5) is 4.39 Å². The molecule has 5 heteroatoms. The molecule has 55 heavy (non-hydrogen) atoms. The van der Waals surface area contributed by atoms with Gasteiger partial charge in [-0.3, -0.25) is 4.79 Å². The Bertz CT molecular complexity index is 1670. The summed E-state index contributed by atoms with van der Waals surface area (Å²) >= 11 is 0. The second kappa shape index (κ2) is 14.5. The highest BCUT2D eigenvalue weighted by atomic mass is 19.1. The maximum Gasteiger partial charge on any atom is 0.315 e. The number of ether oxygens (including phenoxy) is 1. The van der Waals surface area contributed by atoms with Crippen molar-refractivity contribution in [2.45, 2.75) is 163 Å². The number of hydrogen-bond donors (Lipinski definition) is 2. The highest BCUT2D eigenvalue weighted by Crippen LogP contribution is 2.76. The standard InChI is InChI=1S/C50H74FNO3/c1-34(2)37-20-28-50(52-31-13-23-44(3,4)54)30-29-47(8)39(42(37)50)16-17-41-46(7)24-21-38(45(5,6)40(46)22-25-48(41,47)9)36-18-26-49(33-51,27-19-36)43(53)55-32-35-14-11-10-12-15-35/h10-12,14-15,18,21,37,39-42,52,54H,1,13,16-17,19-20,22-33H2,2-9H3. The summed E-state index contributed by atoms with van der Waals surface area (Å²) in [6.45, 7) is 24.4. The zero-order valence-electron chi connectivity index (χ0n) is 35.8. The Hall–Kier alpha value is -2.24. The summed E-state index contributed by atoms with van der Waals surface area (Å²) in [5, 5.41) is 14.6. The first kappa shape index (κ1) is 40.9. The first-order valence-corrected chi connectivity index (χ1v) is 22.2. The maximum atomic E-state index is 14.7. The van der Waals surface area contributed by atoms with Crippen LogP contribution >= 0.6 is 0 Å². The molecular weight excluding hydrogens is 682 g/mol. The van der Waals surface area contributed by atoms with Crippen LogP contribution in [-0.4, -0.2) is 35.4 Å². The molecule has 4 fully saturated rings. The lowest BCUT2D eigenvalue weighted by molar-refractivity contribution is -0.221. The van der Waals surface area contributed by atoms with Crippen molar-refractivity contribution in [3.63, 3.8) is 0 Å². The molecule has 0 aromatic heterocycles. The van der Waals surface area contributed by atoms with Crippen molar-refractivity contribution < 1.29 is 19.0 Å². The van der Waals surface area contributed by atoms with Crippen LogP contribution in [0.3, 0.4) is 0 Å². The summed E-state index contributed by atoms with van der Waals surface area (Å²) in [5.74, 6) is 2.77. The van der Waals surface area contributed by atoms with Gasteiger partial charge in [0.15, 0.2) is 0 Å². The number of fused-ring (bicyclic) bond motifs is 7. The van der Waals surface area contributed by atoms with Crippen molar-refractivity contribution in [2.24, 2.45) is 56.7 Å². The molecule has 10 unspecified atom stereocenters. The fourth-order valence-corrected chi connectivity index (χ4v) is 14.8. The number of halogens is 1. The minimum absolute atomic E-state index is 0.00667. The van der Waals surface area contributed by atoms with E-state index in [-0.39, 0.29) is 33.8 Å². The average Bonchev–Trinajstić information content (AvgIpc) is 3.53. The third-order valence-corrected chi connectivity index (χ3v) is 17.9. The number of benzene rings is 1. The monoisotopic (exact) mass is 756 g/mol. The number of esters is 1. The van der Waals surface area contributed by atoms with Crippen LogP contribution in [0.25, 0.3) is 0 Å². The highest BCUT2D eigenvalue weighted by molar-refractivity contribution is 5.78. The van der Waals surface area contributed by atoms with Crippen LogP contribution in [0.2, 0.25) is 0 Å². The summed E-state index contributed by atoms with van der Waals surface area (Å²) in [6.07, 6.45) is 19.6. The number of aliphatic hydroxyl groups is 1. The summed E-state index contributed by atoms with van der Waals surface area (Å²) < 4.78 is 20.5. The van der Waals surface area contributed by atoms with E-state index in [9.17, 15) is 14.3 Å². The molecule has 1 aromatic rings. The van der Waals surface area contributed by atoms with Crippen molar-refractivity contribution in [1.82, 2.24) is 5.32 Å². The van der Waals surface area contributed by atoms with Crippen molar-refractivity contribution in [1.29, 1.82) is 0 Å². The second-order valence-electron chi connectivity index (χ2n) is 21.6. The molecular formula is C50H74FNO3. The van der Waals surface area contributed by atoms with Gasteiger partial charge in [-0.15, -0.1) is 0 Å². The molecule has 0 saturated heterocycles. The molecule has 7 rings (SSSR count). The number of carbonyl (C=O) groups is 1. The van der Waals surface area contributed by atoms with Crippen LogP contribution in [0.1, 0.15) is 151 Å². The van der Waals surface area contributed by atoms with Gasteiger partial charge in [-0.25, -0.2) is 4.39 Å². The van der Waals surface area contributed by atoms with Gasteiger partial charge in [0.25, 0.3) is 0 Å². The van der Waals surface area contributed by atoms with E-state index in [2.05, 4.69) is 65.6 Å². The second-order valence-corrected chi connectivity index (χ2v) is 21.6. The Labute approximate surface area is 333 Å². The van der Waals surface area contributed by atoms with Gasteiger partial charge in [0.1, 0.15) is 13.3 Å². The van der Waals surface area contributed by atoms with Crippen LogP contribution in [0, 0.1) is 56.7 Å². The predicted molar refractivity (Wildman–Crippen MR) is 223 cm³/mol. The quantitative estimate of drug-likeness (QED) is 0.134. The molecule has 1 aromatic carbocycles. The Morgan fingerprint density at radius 1 is 0.927 bits per heavy atom. The van der Waals surface area contributed by atoms with E-state index in [0.717, 1.165) is 37.8 Å². The minimum Gasteiger partial charge on any atom is -0.460 e. The number of alkyl halides is 1. The van der Waals surface area contributed by atoms with Gasteiger partial charge in [0, 0.05) is 5.54 Å². The van der Waals surface area contributed by atoms with Gasteiger partial charge in [0.2, 0.25) is 0 Å². The van der Waals surface area contributed by atoms with E-state index in [0.29, 0.717) is 42.4 Å². The lowest BCUT2D eigenvalue weighted by Gasteiger charge is -2.72. The topological polar surface area (TPSA) is 58.6 Å². The number of carbonyl (C=O) groups excluding carboxylic acids is 1. The van der Waals surface area contributed by atoms with Crippen molar-refractivity contribution in [3.8, 4) is 0 Å². The molecule has 304 valence electrons. The van der Waals surface area contributed by atoms with E-state index in [1.54, 1.807) is 0 Å². The van der Waals surface area contributed by atoms with Crippen molar-refractivity contribution in [2.75, 3.05) is 13.2 Å². The fraction of sp³-hybridized carbons (Fsp3) is 0.740. The molecule has 0 bridgehead atoms. The summed E-state index contributed by atoms with van der Waals surface area (Å²) in [6, 6.07) is 9.69. The zero-order valence-corrected chi connectivity index (χ0v) is 35.8. The third kappa shape index (κ3) is 6.75. The number of allylic oxidation sites excluding steroid dienone is 5. The normalized spacial score (nSPS) is 40.8. The van der Waals surface area contributed by atoms with Crippen LogP contribution in [0.15, 0.2) is 65.8 Å². The van der Waals surface area contributed by atoms with Crippen LogP contribution in [0.5, 0.6) is 0 Å². The van der Waals surface area contributed by atoms with Crippen molar-refractivity contribution >= 4 is 5.97 Å². The van der Waals surface area contributed by atoms with Gasteiger partial charge in [-0.1, -0.05) is 89.3 Å². The Morgan fingerprint density at radius 2 is 1.67 bits per heavy atom. The Morgan fingerprint density at radius 3 is 2.33 bits per heavy atom. The lowest BCUT2D eigenvalue weighted by atomic mass is 9.33. The average molecular weight is 756 g/mol. The number of rotatable bonds is 11. The molecule has 0 amide bonds. The third-order valence-electron chi connectivity index (χ3n) is 17.9. The number of hydrogen-bond acceptors (Lipinski definition) is 4. The highest BCUT2D eigenvalue weighted by Gasteiger charge is 2.70. The fourth-order valence-electron chi connectivity index (χ4n) is 14.8. The smallest absolute Gasteiger partial charge is 0.315 e. The SMILES string of the molecule is C=C(C)C1CCC2(NCCCC(C)(C)O)CCC3(C)C(CCC4C5(C)CC=C(C6=CCC(CF)(C(=O)OCc7ccccc7)CC6)C(C)(C)C5CCC43C)C12. The minimum atomic E-state index is -1.08. The Balaban J connectivity index is 1.10. The molecule has 0 radical (unpaired) electrons. The number of nitrogens with one attached hydrogen (secondary N) is 1. The predicted octanol–water partition coefficient (Wildman–Crippen LogP) is 11.9. The van der Waals surface area contributed by atoms with Crippen LogP contribution in [-0.2, 0) is 16.1 Å². The van der Waals surface area contributed by atoms with Crippen LogP contribution < -0.4 is 5.32 Å². The molecule has 0 aliphatic heterocycles. The zero-order chi connectivity index (χ0) is 39.7. The first-order chi connectivity index (χ1) is 25.9. The molecule has 4 nitrogen and oxygen atoms in total. The van der Waals surface area contributed by atoms with Gasteiger partial charge < -0.3 is 15.2 Å². The molecule has 6 aliphatic rings. The molecule has 2 N–H and O–H groups in total. The molecule has 0 spiro atoms. The summed E-state index contributed by atoms with van der Waals surface area (Å²) in [4.78, 5) is 13.4. The molecule has 6 aliphatic carbocycles. The summed E-state index contributed by atoms with van der Waals surface area (Å²) in [7, 11) is 0. The summed E-state index contributed by atoms with van der Waals surface area (Å²) in [5.41, 5.74) is 4.39. The van der Waals surface area contributed by atoms with Gasteiger partial charge in [0.05, 0.1) is 11.0 Å². The van der Waals surface area contributed by atoms with Crippen molar-refractivity contribution in [3.05, 3.63) is 71.3 Å². The molecule has 4 saturated carbocycles. The molecule has 10 atom stereocenters. The van der Waals surface area contributed by atoms with Gasteiger partial charge in [-0.2, -0.15) is 0 Å². The Kier molecular flexibility index (Phi) is 10.8. The first-order valence-electron chi connectivity index (χ1n) is 22.2. The largest absolute Gasteiger partial charge is 0.460 e. The maximum absolute atomic E-state index is 14.7. The van der Waals surface area contributed by atoms with E-state index >= 15 is 0 Å². The lowest BCUT2D eigenvalue weighted by Crippen LogP contribution is -2.68. The van der Waals surface area contributed by atoms with E-state index in [4.69, 9.17) is 4.74 Å². The van der Waals surface area contributed by atoms with E-state index in [1.807, 2.05) is 44.2 Å².